The summed E-state index contributed by atoms with van der Waals surface area (Å²) in [6, 6.07) is 7.45. The molecular weight excluding hydrogens is 534 g/mol. The topological polar surface area (TPSA) is 208 Å². The van der Waals surface area contributed by atoms with Gasteiger partial charge < -0.3 is 36.6 Å². The second kappa shape index (κ2) is 9.76. The van der Waals surface area contributed by atoms with E-state index in [-0.39, 0.29) is 40.6 Å². The van der Waals surface area contributed by atoms with Crippen LogP contribution in [0.15, 0.2) is 53.3 Å². The van der Waals surface area contributed by atoms with Gasteiger partial charge in [0.25, 0.3) is 5.91 Å². The molecule has 7 N–H and O–H groups in total. The summed E-state index contributed by atoms with van der Waals surface area (Å²) >= 11 is 0. The van der Waals surface area contributed by atoms with Crippen LogP contribution >= 0.6 is 0 Å². The number of anilines is 1. The van der Waals surface area contributed by atoms with Gasteiger partial charge in [0.15, 0.2) is 11.4 Å². The van der Waals surface area contributed by atoms with Crippen LogP contribution in [-0.2, 0) is 20.8 Å². The Kier molecular flexibility index (Phi) is 6.63. The van der Waals surface area contributed by atoms with Crippen molar-refractivity contribution in [3.63, 3.8) is 0 Å². The number of aliphatic hydroxyl groups is 3. The summed E-state index contributed by atoms with van der Waals surface area (Å²) in [5, 5.41) is 64.3. The number of carbonyl (C=O) groups excluding carboxylic acids is 3. The van der Waals surface area contributed by atoms with E-state index in [9.17, 15) is 40.0 Å². The number of likely N-dealkylation sites (N-methyl/N-ethyl adjacent to an activating group) is 1. The minimum Gasteiger partial charge on any atom is -0.733 e. The maximum atomic E-state index is 13.9. The van der Waals surface area contributed by atoms with Crippen molar-refractivity contribution in [2.24, 2.45) is 17.6 Å². The first-order valence-corrected chi connectivity index (χ1v) is 12.6. The maximum absolute atomic E-state index is 13.9. The number of rotatable bonds is 3. The number of fused-ring (bicyclic) bond motifs is 3. The summed E-state index contributed by atoms with van der Waals surface area (Å²) in [7, 11) is 3.06. The molecule has 0 saturated heterocycles. The number of phenolic OH excluding ortho intramolecular Hbond substituents is 1. The van der Waals surface area contributed by atoms with E-state index in [1.54, 1.807) is 6.07 Å². The summed E-state index contributed by atoms with van der Waals surface area (Å²) in [5.74, 6) is -1.34. The smallest absolute Gasteiger partial charge is 0.255 e. The van der Waals surface area contributed by atoms with Crippen molar-refractivity contribution in [2.45, 2.75) is 24.5 Å². The van der Waals surface area contributed by atoms with Gasteiger partial charge in [0, 0.05) is 22.6 Å². The van der Waals surface area contributed by atoms with Crippen LogP contribution in [0.25, 0.3) is 5.76 Å². The molecule has 4 atom stereocenters. The van der Waals surface area contributed by atoms with E-state index in [4.69, 9.17) is 10.9 Å². The Labute approximate surface area is 233 Å². The van der Waals surface area contributed by atoms with Crippen molar-refractivity contribution in [1.82, 2.24) is 4.90 Å². The summed E-state index contributed by atoms with van der Waals surface area (Å²) in [6.07, 6.45) is 0.0597. The number of nitrogens with zero attached hydrogens (tertiary/aromatic N) is 2. The lowest BCUT2D eigenvalue weighted by molar-refractivity contribution is -0.153. The zero-order valence-corrected chi connectivity index (χ0v) is 22.0. The highest BCUT2D eigenvalue weighted by molar-refractivity contribution is 6.24. The third kappa shape index (κ3) is 4.14. The standard InChI is InChI=1S/C29H26N3O9/c1-31(2)23-18-12-15-11-17-14(6-3-13-4-8-16(9-5-13)32(40)41)7-10-19(33)21(17)24(34)20(15)26(36)29(18,39)27(37)22(25(23)35)28(30)38/h4-5,7-10,15,18,23,33-34,37,39-40H,11-12H2,1-2H3,(H2,30,38)/q-1/t15?,18?,23-,29-/m0/s1. The molecular formula is C29H26N3O9-. The number of benzene rings is 2. The third-order valence-electron chi connectivity index (χ3n) is 8.03. The van der Waals surface area contributed by atoms with E-state index < -0.39 is 58.0 Å². The number of aromatic hydroxyl groups is 1. The highest BCUT2D eigenvalue weighted by Crippen LogP contribution is 2.52. The summed E-state index contributed by atoms with van der Waals surface area (Å²) in [5.41, 5.74) is 2.82. The highest BCUT2D eigenvalue weighted by atomic mass is 16.8. The van der Waals surface area contributed by atoms with Gasteiger partial charge in [0.1, 0.15) is 22.8 Å². The number of amides is 1. The molecule has 1 fully saturated rings. The molecule has 3 aliphatic rings. The van der Waals surface area contributed by atoms with Crippen molar-refractivity contribution in [3.05, 3.63) is 80.8 Å². The number of hydrogen-bond acceptors (Lipinski definition) is 11. The molecule has 0 spiro atoms. The van der Waals surface area contributed by atoms with E-state index in [1.165, 1.54) is 49.3 Å². The molecule has 0 heterocycles. The minimum absolute atomic E-state index is 0.0168. The van der Waals surface area contributed by atoms with Crippen molar-refractivity contribution in [2.75, 3.05) is 19.3 Å². The van der Waals surface area contributed by atoms with Crippen LogP contribution < -0.4 is 11.0 Å². The quantitative estimate of drug-likeness (QED) is 0.178. The average molecular weight is 561 g/mol. The predicted octanol–water partition coefficient (Wildman–Crippen LogP) is 1.06. The number of hydrogen-bond donors (Lipinski definition) is 6. The fourth-order valence-electron chi connectivity index (χ4n) is 6.17. The number of aliphatic hydroxyl groups excluding tert-OH is 2. The molecule has 1 saturated carbocycles. The molecule has 0 bridgehead atoms. The number of carbonyl (C=O) groups is 3. The largest absolute Gasteiger partial charge is 0.733 e. The normalized spacial score (nSPS) is 25.3. The monoisotopic (exact) mass is 560 g/mol. The first-order chi connectivity index (χ1) is 19.3. The van der Waals surface area contributed by atoms with Gasteiger partial charge in [-0.05, 0) is 74.8 Å². The SMILES string of the molecule is CN(C)[C@@H]1C(=O)C(C(N)=O)=C(O)[C@@]2(O)C(=O)C3=C(O)c4c(O)ccc(C#Cc5ccc(N([O-])O)cc5)c4CC3CC12. The van der Waals surface area contributed by atoms with Crippen molar-refractivity contribution in [3.8, 4) is 17.6 Å². The maximum Gasteiger partial charge on any atom is 0.255 e. The molecule has 212 valence electrons. The van der Waals surface area contributed by atoms with Gasteiger partial charge in [0.2, 0.25) is 5.78 Å². The van der Waals surface area contributed by atoms with Gasteiger partial charge in [-0.3, -0.25) is 24.5 Å². The molecule has 12 heteroatoms. The lowest BCUT2D eigenvalue weighted by Gasteiger charge is -2.50. The van der Waals surface area contributed by atoms with Crippen LogP contribution in [0.3, 0.4) is 0 Å². The number of phenols is 1. The Balaban J connectivity index is 1.64. The van der Waals surface area contributed by atoms with Gasteiger partial charge in [-0.15, -0.1) is 0 Å². The van der Waals surface area contributed by atoms with Crippen LogP contribution in [0.1, 0.15) is 28.7 Å². The summed E-state index contributed by atoms with van der Waals surface area (Å²) in [4.78, 5) is 40.6. The van der Waals surface area contributed by atoms with Crippen LogP contribution in [0, 0.1) is 28.9 Å². The molecule has 1 amide bonds. The van der Waals surface area contributed by atoms with Crippen molar-refractivity contribution in [1.29, 1.82) is 0 Å². The second-order valence-electron chi connectivity index (χ2n) is 10.5. The molecule has 2 aromatic carbocycles. The molecule has 0 radical (unpaired) electrons. The average Bonchev–Trinajstić information content (AvgIpc) is 2.90. The van der Waals surface area contributed by atoms with E-state index in [2.05, 4.69) is 11.8 Å². The molecule has 5 rings (SSSR count). The number of Topliss-reactive ketones (excluding diaryl/α,β-unsaturated/α-hetero) is 2. The molecule has 2 aromatic rings. The van der Waals surface area contributed by atoms with Gasteiger partial charge in [-0.25, -0.2) is 0 Å². The second-order valence-corrected chi connectivity index (χ2v) is 10.5. The molecule has 2 unspecified atom stereocenters. The Morgan fingerprint density at radius 3 is 2.32 bits per heavy atom. The number of primary amides is 1. The Bertz CT molecular complexity index is 1630. The molecule has 0 aromatic heterocycles. The zero-order valence-electron chi connectivity index (χ0n) is 22.0. The third-order valence-corrected chi connectivity index (χ3v) is 8.03. The summed E-state index contributed by atoms with van der Waals surface area (Å²) < 4.78 is 0. The Morgan fingerprint density at radius 1 is 1.07 bits per heavy atom. The fraction of sp³-hybridized carbons (Fsp3) is 0.276. The van der Waals surface area contributed by atoms with E-state index in [1.807, 2.05) is 0 Å². The Hall–Kier alpha value is -4.67. The van der Waals surface area contributed by atoms with Crippen molar-refractivity contribution >= 4 is 28.9 Å². The fourth-order valence-corrected chi connectivity index (χ4v) is 6.17. The summed E-state index contributed by atoms with van der Waals surface area (Å²) in [6.45, 7) is 0. The number of nitrogens with two attached hydrogens (primary N) is 1. The lowest BCUT2D eigenvalue weighted by Crippen LogP contribution is -2.65. The van der Waals surface area contributed by atoms with Gasteiger partial charge >= 0.3 is 0 Å². The van der Waals surface area contributed by atoms with Gasteiger partial charge in [0.05, 0.1) is 17.3 Å². The van der Waals surface area contributed by atoms with E-state index in [0.717, 1.165) is 0 Å². The van der Waals surface area contributed by atoms with Crippen LogP contribution in [0.5, 0.6) is 5.75 Å². The Morgan fingerprint density at radius 2 is 1.73 bits per heavy atom. The molecule has 12 nitrogen and oxygen atoms in total. The minimum atomic E-state index is -2.71. The highest BCUT2D eigenvalue weighted by Gasteiger charge is 2.64. The molecule has 41 heavy (non-hydrogen) atoms. The number of ketones is 2. The zero-order chi connectivity index (χ0) is 30.0. The van der Waals surface area contributed by atoms with Crippen LogP contribution in [0.2, 0.25) is 0 Å². The first-order valence-electron chi connectivity index (χ1n) is 12.6. The predicted molar refractivity (Wildman–Crippen MR) is 144 cm³/mol. The van der Waals surface area contributed by atoms with Gasteiger partial charge in [-0.2, -0.15) is 0 Å². The van der Waals surface area contributed by atoms with E-state index >= 15 is 0 Å². The van der Waals surface area contributed by atoms with E-state index in [0.29, 0.717) is 16.7 Å². The molecule has 3 aliphatic carbocycles. The van der Waals surface area contributed by atoms with Crippen LogP contribution in [0.4, 0.5) is 5.69 Å². The molecule has 0 aliphatic heterocycles. The van der Waals surface area contributed by atoms with Crippen LogP contribution in [-0.4, -0.2) is 73.7 Å². The van der Waals surface area contributed by atoms with Crippen molar-refractivity contribution < 1.29 is 40.0 Å². The first kappa shape index (κ1) is 27.9. The van der Waals surface area contributed by atoms with Gasteiger partial charge in [-0.1, -0.05) is 11.8 Å². The lowest BCUT2D eigenvalue weighted by atomic mass is 9.57.